The number of non-ortho nitro benzene ring substituents is 1. The number of thiocarbonyl (C=S) groups is 1. The Morgan fingerprint density at radius 2 is 1.78 bits per heavy atom. The highest BCUT2D eigenvalue weighted by atomic mass is 127. The maximum absolute atomic E-state index is 12.6. The van der Waals surface area contributed by atoms with E-state index in [0.29, 0.717) is 16.9 Å². The molecule has 0 spiro atoms. The van der Waals surface area contributed by atoms with Gasteiger partial charge in [-0.1, -0.05) is 0 Å². The van der Waals surface area contributed by atoms with Crippen LogP contribution in [0.4, 0.5) is 17.1 Å². The van der Waals surface area contributed by atoms with Crippen LogP contribution in [0.15, 0.2) is 63.6 Å². The first-order chi connectivity index (χ1) is 12.9. The van der Waals surface area contributed by atoms with Crippen molar-refractivity contribution in [3.05, 3.63) is 72.6 Å². The molecular weight excluding hydrogens is 483 g/mol. The number of benzene rings is 2. The second kappa shape index (κ2) is 7.75. The number of nitro benzene ring substituents is 1. The smallest absolute Gasteiger partial charge is 0.301 e. The van der Waals surface area contributed by atoms with Crippen LogP contribution in [-0.2, 0) is 0 Å². The largest absolute Gasteiger partial charge is 0.374 e. The molecule has 3 N–H and O–H groups in total. The van der Waals surface area contributed by atoms with Gasteiger partial charge in [0.25, 0.3) is 5.69 Å². The monoisotopic (exact) mass is 494 g/mol. The fraction of sp³-hybridized carbons (Fsp3) is 0. The summed E-state index contributed by atoms with van der Waals surface area (Å²) in [7, 11) is 0. The van der Waals surface area contributed by atoms with Gasteiger partial charge in [-0.25, -0.2) is 0 Å². The molecule has 2 aromatic carbocycles. The van der Waals surface area contributed by atoms with Crippen molar-refractivity contribution in [1.29, 1.82) is 0 Å². The number of aromatic amines is 1. The molecule has 3 rings (SSSR count). The van der Waals surface area contributed by atoms with Crippen molar-refractivity contribution >= 4 is 57.0 Å². The minimum absolute atomic E-state index is 0.00444. The van der Waals surface area contributed by atoms with E-state index in [-0.39, 0.29) is 16.5 Å². The third kappa shape index (κ3) is 4.09. The average Bonchev–Trinajstić information content (AvgIpc) is 2.98. The van der Waals surface area contributed by atoms with Gasteiger partial charge < -0.3 is 5.73 Å². The van der Waals surface area contributed by atoms with Crippen LogP contribution in [0.5, 0.6) is 0 Å². The molecule has 136 valence electrons. The van der Waals surface area contributed by atoms with Crippen LogP contribution in [0.1, 0.15) is 0 Å². The number of H-pyrrole nitrogens is 1. The molecule has 0 saturated carbocycles. The van der Waals surface area contributed by atoms with Crippen molar-refractivity contribution in [1.82, 2.24) is 9.78 Å². The van der Waals surface area contributed by atoms with Crippen LogP contribution in [0.2, 0.25) is 0 Å². The Labute approximate surface area is 171 Å². The molecule has 0 amide bonds. The van der Waals surface area contributed by atoms with E-state index in [1.807, 2.05) is 12.1 Å². The first-order valence-corrected chi connectivity index (χ1v) is 8.92. The number of rotatable bonds is 4. The SMILES string of the molecule is NC(=S)n1[nH]c(-c2ccc([N+](=O)[O-])cc2)c(N=Nc2ccc(I)cc2)c1=O. The van der Waals surface area contributed by atoms with E-state index in [4.69, 9.17) is 18.0 Å². The van der Waals surface area contributed by atoms with Gasteiger partial charge in [-0.3, -0.25) is 20.0 Å². The highest BCUT2D eigenvalue weighted by Gasteiger charge is 2.18. The van der Waals surface area contributed by atoms with Gasteiger partial charge in [-0.05, 0) is 71.2 Å². The lowest BCUT2D eigenvalue weighted by atomic mass is 10.1. The highest BCUT2D eigenvalue weighted by Crippen LogP contribution is 2.28. The van der Waals surface area contributed by atoms with Gasteiger partial charge in [0, 0.05) is 21.3 Å². The predicted octanol–water partition coefficient (Wildman–Crippen LogP) is 3.86. The van der Waals surface area contributed by atoms with Crippen LogP contribution >= 0.6 is 34.8 Å². The molecule has 11 heteroatoms. The van der Waals surface area contributed by atoms with Crippen LogP contribution in [0.25, 0.3) is 11.3 Å². The van der Waals surface area contributed by atoms with Crippen molar-refractivity contribution in [2.24, 2.45) is 16.0 Å². The van der Waals surface area contributed by atoms with E-state index in [1.165, 1.54) is 24.3 Å². The number of hydrogen-bond donors (Lipinski definition) is 2. The Hall–Kier alpha value is -2.93. The standard InChI is InChI=1S/C16H11IN6O3S/c17-10-3-5-11(6-4-10)19-20-14-13(21-22(15(14)24)16(18)27)9-1-7-12(8-2-9)23(25)26/h1-8,21H,(H2,18,27). The summed E-state index contributed by atoms with van der Waals surface area (Å²) in [5, 5.41) is 21.5. The number of hydrogen-bond acceptors (Lipinski definition) is 6. The number of nitro groups is 1. The Morgan fingerprint density at radius 3 is 2.33 bits per heavy atom. The summed E-state index contributed by atoms with van der Waals surface area (Å²) in [4.78, 5) is 22.9. The number of halogens is 1. The first kappa shape index (κ1) is 18.8. The van der Waals surface area contributed by atoms with Gasteiger partial charge in [0.05, 0.1) is 16.3 Å². The van der Waals surface area contributed by atoms with Crippen molar-refractivity contribution in [3.63, 3.8) is 0 Å². The molecule has 0 atom stereocenters. The minimum atomic E-state index is -0.565. The summed E-state index contributed by atoms with van der Waals surface area (Å²) in [6, 6.07) is 12.9. The summed E-state index contributed by atoms with van der Waals surface area (Å²) in [6.07, 6.45) is 0. The molecule has 0 saturated heterocycles. The normalized spacial score (nSPS) is 11.0. The van der Waals surface area contributed by atoms with Gasteiger partial charge in [0.15, 0.2) is 10.8 Å². The molecule has 0 aliphatic rings. The Morgan fingerprint density at radius 1 is 1.15 bits per heavy atom. The van der Waals surface area contributed by atoms with Crippen molar-refractivity contribution in [3.8, 4) is 11.3 Å². The molecule has 0 bridgehead atoms. The summed E-state index contributed by atoms with van der Waals surface area (Å²) in [6.45, 7) is 0. The number of aromatic nitrogens is 2. The Bertz CT molecular complexity index is 1100. The second-order valence-electron chi connectivity index (χ2n) is 5.29. The first-order valence-electron chi connectivity index (χ1n) is 7.44. The van der Waals surface area contributed by atoms with Gasteiger partial charge in [-0.2, -0.15) is 9.80 Å². The summed E-state index contributed by atoms with van der Waals surface area (Å²) in [5.74, 6) is 0. The van der Waals surface area contributed by atoms with Crippen molar-refractivity contribution < 1.29 is 4.92 Å². The molecule has 3 aromatic rings. The molecule has 27 heavy (non-hydrogen) atoms. The maximum atomic E-state index is 12.6. The summed E-state index contributed by atoms with van der Waals surface area (Å²) >= 11 is 7.03. The quantitative estimate of drug-likeness (QED) is 0.187. The fourth-order valence-electron chi connectivity index (χ4n) is 2.24. The predicted molar refractivity (Wildman–Crippen MR) is 113 cm³/mol. The van der Waals surface area contributed by atoms with Gasteiger partial charge in [0.2, 0.25) is 0 Å². The Balaban J connectivity index is 2.09. The van der Waals surface area contributed by atoms with E-state index in [1.54, 1.807) is 12.1 Å². The van der Waals surface area contributed by atoms with Gasteiger partial charge >= 0.3 is 5.56 Å². The molecular formula is C16H11IN6O3S. The lowest BCUT2D eigenvalue weighted by Crippen LogP contribution is -2.29. The number of azo groups is 1. The topological polar surface area (TPSA) is 132 Å². The lowest BCUT2D eigenvalue weighted by molar-refractivity contribution is -0.384. The number of nitrogens with zero attached hydrogens (tertiary/aromatic N) is 4. The zero-order valence-corrected chi connectivity index (χ0v) is 16.5. The average molecular weight is 494 g/mol. The third-order valence-electron chi connectivity index (χ3n) is 3.55. The van der Waals surface area contributed by atoms with Crippen LogP contribution in [0, 0.1) is 13.7 Å². The van der Waals surface area contributed by atoms with E-state index in [9.17, 15) is 14.9 Å². The summed E-state index contributed by atoms with van der Waals surface area (Å²) < 4.78 is 2.00. The molecule has 9 nitrogen and oxygen atoms in total. The molecule has 0 fully saturated rings. The Kier molecular flexibility index (Phi) is 5.41. The van der Waals surface area contributed by atoms with E-state index < -0.39 is 10.5 Å². The number of nitrogens with one attached hydrogen (secondary N) is 1. The van der Waals surface area contributed by atoms with Crippen molar-refractivity contribution in [2.75, 3.05) is 0 Å². The molecule has 0 aliphatic carbocycles. The third-order valence-corrected chi connectivity index (χ3v) is 4.45. The fourth-order valence-corrected chi connectivity index (χ4v) is 2.73. The van der Waals surface area contributed by atoms with Crippen molar-refractivity contribution in [2.45, 2.75) is 0 Å². The van der Waals surface area contributed by atoms with E-state index >= 15 is 0 Å². The molecule has 0 radical (unpaired) electrons. The zero-order valence-electron chi connectivity index (χ0n) is 13.5. The minimum Gasteiger partial charge on any atom is -0.374 e. The van der Waals surface area contributed by atoms with E-state index in [2.05, 4.69) is 37.9 Å². The second-order valence-corrected chi connectivity index (χ2v) is 6.96. The van der Waals surface area contributed by atoms with Gasteiger partial charge in [0.1, 0.15) is 0 Å². The molecule has 1 aromatic heterocycles. The van der Waals surface area contributed by atoms with Crippen LogP contribution in [0.3, 0.4) is 0 Å². The zero-order chi connectivity index (χ0) is 19.6. The molecule has 0 aliphatic heterocycles. The molecule has 1 heterocycles. The summed E-state index contributed by atoms with van der Waals surface area (Å²) in [5.41, 5.74) is 6.29. The van der Waals surface area contributed by atoms with E-state index in [0.717, 1.165) is 8.25 Å². The van der Waals surface area contributed by atoms with Crippen LogP contribution < -0.4 is 11.3 Å². The molecule has 0 unspecified atom stereocenters. The maximum Gasteiger partial charge on any atom is 0.301 e. The number of nitrogens with two attached hydrogens (primary N) is 1. The van der Waals surface area contributed by atoms with Crippen LogP contribution in [-0.4, -0.2) is 19.8 Å². The highest BCUT2D eigenvalue weighted by molar-refractivity contribution is 14.1. The lowest BCUT2D eigenvalue weighted by Gasteiger charge is -2.00. The van der Waals surface area contributed by atoms with Gasteiger partial charge in [-0.15, -0.1) is 5.11 Å².